The molecule has 0 saturated heterocycles. The molecule has 0 bridgehead atoms. The lowest BCUT2D eigenvalue weighted by Crippen LogP contribution is -2.60. The van der Waals surface area contributed by atoms with E-state index in [0.29, 0.717) is 12.8 Å². The molecule has 5 atom stereocenters. The van der Waals surface area contributed by atoms with Crippen LogP contribution in [0.4, 0.5) is 0 Å². The quantitative estimate of drug-likeness (QED) is 0.234. The van der Waals surface area contributed by atoms with E-state index < -0.39 is 54.5 Å². The number of carboxylic acids is 1. The molecule has 0 aliphatic carbocycles. The first-order chi connectivity index (χ1) is 15.5. The molecule has 184 valence electrons. The van der Waals surface area contributed by atoms with Crippen LogP contribution >= 0.6 is 0 Å². The molecule has 0 aliphatic rings. The van der Waals surface area contributed by atoms with Crippen LogP contribution in [-0.4, -0.2) is 64.7 Å². The van der Waals surface area contributed by atoms with Gasteiger partial charge >= 0.3 is 5.97 Å². The van der Waals surface area contributed by atoms with Gasteiger partial charge in [-0.25, -0.2) is 4.79 Å². The summed E-state index contributed by atoms with van der Waals surface area (Å²) in [6, 6.07) is 4.90. The fourth-order valence-corrected chi connectivity index (χ4v) is 3.15. The predicted molar refractivity (Wildman–Crippen MR) is 123 cm³/mol. The highest BCUT2D eigenvalue weighted by atomic mass is 16.4. The number of nitrogens with one attached hydrogen (secondary N) is 3. The standard InChI is InChI=1S/C23H36N4O6/c1-5-14(4)19(22(31)25-17(12-28)23(32)33)27-21(30)18(13(2)3)26-20(29)16(24)11-15-9-7-6-8-10-15/h6-10,13-14,16-19,28H,5,11-12,24H2,1-4H3,(H,25,31)(H,26,29)(H,27,30)(H,32,33). The average Bonchev–Trinajstić information content (AvgIpc) is 2.78. The SMILES string of the molecule is CCC(C)C(NC(=O)C(NC(=O)C(N)Cc1ccccc1)C(C)C)C(=O)NC(CO)C(=O)O. The number of hydrogen-bond donors (Lipinski definition) is 6. The largest absolute Gasteiger partial charge is 0.480 e. The summed E-state index contributed by atoms with van der Waals surface area (Å²) in [5.41, 5.74) is 6.91. The molecule has 10 nitrogen and oxygen atoms in total. The topological polar surface area (TPSA) is 171 Å². The zero-order valence-corrected chi connectivity index (χ0v) is 19.6. The molecular formula is C23H36N4O6. The molecule has 0 aliphatic heterocycles. The van der Waals surface area contributed by atoms with E-state index >= 15 is 0 Å². The summed E-state index contributed by atoms with van der Waals surface area (Å²) in [4.78, 5) is 49.5. The Hall–Kier alpha value is -2.98. The Labute approximate surface area is 194 Å². The Morgan fingerprint density at radius 2 is 1.45 bits per heavy atom. The molecule has 10 heteroatoms. The molecule has 0 radical (unpaired) electrons. The highest BCUT2D eigenvalue weighted by Crippen LogP contribution is 2.11. The second-order valence-corrected chi connectivity index (χ2v) is 8.48. The first-order valence-corrected chi connectivity index (χ1v) is 11.1. The van der Waals surface area contributed by atoms with E-state index in [-0.39, 0.29) is 11.8 Å². The van der Waals surface area contributed by atoms with E-state index in [1.54, 1.807) is 20.8 Å². The number of carbonyl (C=O) groups is 4. The van der Waals surface area contributed by atoms with Gasteiger partial charge in [0, 0.05) is 0 Å². The Balaban J connectivity index is 2.91. The van der Waals surface area contributed by atoms with Gasteiger partial charge in [0.15, 0.2) is 0 Å². The number of carboxylic acid groups (broad SMARTS) is 1. The average molecular weight is 465 g/mol. The summed E-state index contributed by atoms with van der Waals surface area (Å²) in [6.07, 6.45) is 0.824. The Morgan fingerprint density at radius 1 is 0.909 bits per heavy atom. The van der Waals surface area contributed by atoms with Crippen molar-refractivity contribution >= 4 is 23.7 Å². The van der Waals surface area contributed by atoms with Crippen molar-refractivity contribution in [1.29, 1.82) is 0 Å². The second-order valence-electron chi connectivity index (χ2n) is 8.48. The van der Waals surface area contributed by atoms with Crippen molar-refractivity contribution in [1.82, 2.24) is 16.0 Å². The highest BCUT2D eigenvalue weighted by molar-refractivity contribution is 5.94. The summed E-state index contributed by atoms with van der Waals surface area (Å²) >= 11 is 0. The minimum absolute atomic E-state index is 0.300. The third-order valence-corrected chi connectivity index (χ3v) is 5.47. The van der Waals surface area contributed by atoms with Gasteiger partial charge in [0.2, 0.25) is 17.7 Å². The molecule has 5 unspecified atom stereocenters. The lowest BCUT2D eigenvalue weighted by atomic mass is 9.96. The van der Waals surface area contributed by atoms with Crippen LogP contribution in [0.3, 0.4) is 0 Å². The van der Waals surface area contributed by atoms with Crippen LogP contribution in [0.1, 0.15) is 39.7 Å². The molecule has 3 amide bonds. The van der Waals surface area contributed by atoms with Gasteiger partial charge < -0.3 is 31.9 Å². The molecule has 0 spiro atoms. The van der Waals surface area contributed by atoms with Crippen molar-refractivity contribution in [3.05, 3.63) is 35.9 Å². The lowest BCUT2D eigenvalue weighted by Gasteiger charge is -2.29. The molecule has 0 fully saturated rings. The zero-order chi connectivity index (χ0) is 25.1. The van der Waals surface area contributed by atoms with E-state index in [9.17, 15) is 24.3 Å². The molecule has 1 aromatic rings. The minimum atomic E-state index is -1.49. The number of nitrogens with two attached hydrogens (primary N) is 1. The van der Waals surface area contributed by atoms with Gasteiger partial charge in [-0.2, -0.15) is 0 Å². The normalized spacial score (nSPS) is 15.6. The predicted octanol–water partition coefficient (Wildman–Crippen LogP) is -0.210. The monoisotopic (exact) mass is 464 g/mol. The molecule has 1 aromatic carbocycles. The molecule has 0 saturated carbocycles. The highest BCUT2D eigenvalue weighted by Gasteiger charge is 2.33. The molecule has 0 aromatic heterocycles. The van der Waals surface area contributed by atoms with Crippen LogP contribution in [0.15, 0.2) is 30.3 Å². The number of aliphatic hydroxyl groups is 1. The number of aliphatic hydroxyl groups excluding tert-OH is 1. The smallest absolute Gasteiger partial charge is 0.328 e. The summed E-state index contributed by atoms with van der Waals surface area (Å²) in [5, 5.41) is 25.8. The maximum absolute atomic E-state index is 13.0. The number of rotatable bonds is 13. The summed E-state index contributed by atoms with van der Waals surface area (Å²) < 4.78 is 0. The Morgan fingerprint density at radius 3 is 1.94 bits per heavy atom. The minimum Gasteiger partial charge on any atom is -0.480 e. The van der Waals surface area contributed by atoms with Gasteiger partial charge in [-0.15, -0.1) is 0 Å². The van der Waals surface area contributed by atoms with Gasteiger partial charge in [-0.3, -0.25) is 14.4 Å². The molecular weight excluding hydrogens is 428 g/mol. The maximum atomic E-state index is 13.0. The first kappa shape index (κ1) is 28.1. The third kappa shape index (κ3) is 8.82. The number of carbonyl (C=O) groups excluding carboxylic acids is 3. The summed E-state index contributed by atoms with van der Waals surface area (Å²) in [6.45, 7) is 6.27. The van der Waals surface area contributed by atoms with Crippen LogP contribution in [0, 0.1) is 11.8 Å². The zero-order valence-electron chi connectivity index (χ0n) is 19.6. The lowest BCUT2D eigenvalue weighted by molar-refractivity contribution is -0.143. The molecule has 7 N–H and O–H groups in total. The molecule has 0 heterocycles. The van der Waals surface area contributed by atoms with Crippen molar-refractivity contribution in [3.8, 4) is 0 Å². The van der Waals surface area contributed by atoms with Crippen LogP contribution < -0.4 is 21.7 Å². The fraction of sp³-hybridized carbons (Fsp3) is 0.565. The summed E-state index contributed by atoms with van der Waals surface area (Å²) in [7, 11) is 0. The van der Waals surface area contributed by atoms with Crippen LogP contribution in [0.2, 0.25) is 0 Å². The van der Waals surface area contributed by atoms with Crippen LogP contribution in [-0.2, 0) is 25.6 Å². The van der Waals surface area contributed by atoms with E-state index in [1.807, 2.05) is 37.3 Å². The van der Waals surface area contributed by atoms with Crippen molar-refractivity contribution < 1.29 is 29.4 Å². The van der Waals surface area contributed by atoms with E-state index in [1.165, 1.54) is 0 Å². The van der Waals surface area contributed by atoms with Crippen LogP contribution in [0.5, 0.6) is 0 Å². The fourth-order valence-electron chi connectivity index (χ4n) is 3.15. The van der Waals surface area contributed by atoms with Crippen molar-refractivity contribution in [2.45, 2.75) is 64.7 Å². The third-order valence-electron chi connectivity index (χ3n) is 5.47. The molecule has 33 heavy (non-hydrogen) atoms. The Kier molecular flexibility index (Phi) is 11.5. The number of benzene rings is 1. The van der Waals surface area contributed by atoms with Gasteiger partial charge in [0.05, 0.1) is 12.6 Å². The number of aliphatic carboxylic acids is 1. The second kappa shape index (κ2) is 13.5. The van der Waals surface area contributed by atoms with Gasteiger partial charge in [-0.05, 0) is 23.8 Å². The van der Waals surface area contributed by atoms with Gasteiger partial charge in [-0.1, -0.05) is 64.4 Å². The van der Waals surface area contributed by atoms with Gasteiger partial charge in [0.1, 0.15) is 18.1 Å². The van der Waals surface area contributed by atoms with E-state index in [2.05, 4.69) is 16.0 Å². The van der Waals surface area contributed by atoms with E-state index in [4.69, 9.17) is 10.8 Å². The number of amides is 3. The Bertz CT molecular complexity index is 801. The molecule has 1 rings (SSSR count). The van der Waals surface area contributed by atoms with Crippen molar-refractivity contribution in [2.24, 2.45) is 17.6 Å². The van der Waals surface area contributed by atoms with Crippen LogP contribution in [0.25, 0.3) is 0 Å². The maximum Gasteiger partial charge on any atom is 0.328 e. The van der Waals surface area contributed by atoms with Crippen molar-refractivity contribution in [3.63, 3.8) is 0 Å². The number of hydrogen-bond acceptors (Lipinski definition) is 6. The summed E-state index contributed by atoms with van der Waals surface area (Å²) in [5.74, 6) is -3.83. The van der Waals surface area contributed by atoms with E-state index in [0.717, 1.165) is 5.56 Å². The van der Waals surface area contributed by atoms with Gasteiger partial charge in [0.25, 0.3) is 0 Å². The first-order valence-electron chi connectivity index (χ1n) is 11.1. The van der Waals surface area contributed by atoms with Crippen molar-refractivity contribution in [2.75, 3.05) is 6.61 Å².